The van der Waals surface area contributed by atoms with Crippen LogP contribution in [0.15, 0.2) is 18.5 Å². The molecule has 0 fully saturated rings. The number of aromatic nitrogens is 2. The molecule has 1 amide bonds. The zero-order valence-corrected chi connectivity index (χ0v) is 6.03. The lowest BCUT2D eigenvalue weighted by Gasteiger charge is -1.87. The van der Waals surface area contributed by atoms with Crippen molar-refractivity contribution in [3.05, 3.63) is 24.3 Å². The highest BCUT2D eigenvalue weighted by molar-refractivity contribution is 5.88. The highest BCUT2D eigenvalue weighted by atomic mass is 16.1. The molecule has 0 aromatic carbocycles. The van der Waals surface area contributed by atoms with Crippen LogP contribution < -0.4 is 18.0 Å². The van der Waals surface area contributed by atoms with Gasteiger partial charge in [-0.15, -0.1) is 0 Å². The molecular weight excluding hydrogens is 146 g/mol. The number of hydrogen-bond acceptors (Lipinski definition) is 5. The maximum atomic E-state index is 10.3. The Morgan fingerprint density at radius 1 is 1.27 bits per heavy atom. The summed E-state index contributed by atoms with van der Waals surface area (Å²) in [4.78, 5) is 17.5. The van der Waals surface area contributed by atoms with Gasteiger partial charge in [0.2, 0.25) is 5.82 Å². The van der Waals surface area contributed by atoms with Crippen LogP contribution in [0.1, 0.15) is 10.6 Å². The van der Waals surface area contributed by atoms with Gasteiger partial charge in [-0.25, -0.2) is 9.97 Å². The molecule has 62 valence electrons. The van der Waals surface area contributed by atoms with Crippen molar-refractivity contribution in [2.45, 2.75) is 0 Å². The Morgan fingerprint density at radius 2 is 1.73 bits per heavy atom. The first-order chi connectivity index (χ1) is 4.30. The molecule has 6 heteroatoms. The molecule has 1 rings (SSSR count). The molecule has 1 heterocycles. The summed E-state index contributed by atoms with van der Waals surface area (Å²) in [6.45, 7) is 0. The molecule has 0 aliphatic heterocycles. The maximum Gasteiger partial charge on any atom is 0.286 e. The Morgan fingerprint density at radius 3 is 2.00 bits per heavy atom. The Labute approximate surface area is 64.0 Å². The molecular formula is C5H11N5O. The van der Waals surface area contributed by atoms with Crippen LogP contribution in [0.4, 0.5) is 0 Å². The van der Waals surface area contributed by atoms with Gasteiger partial charge in [-0.1, -0.05) is 0 Å². The lowest BCUT2D eigenvalue weighted by atomic mass is 10.5. The molecule has 1 aromatic rings. The van der Waals surface area contributed by atoms with E-state index in [1.165, 1.54) is 12.4 Å². The number of carbonyl (C=O) groups excluding carboxylic acids is 1. The van der Waals surface area contributed by atoms with Gasteiger partial charge in [-0.05, 0) is 6.07 Å². The normalized spacial score (nSPS) is 7.27. The molecule has 8 N–H and O–H groups in total. The highest BCUT2D eigenvalue weighted by Gasteiger charge is 1.98. The molecule has 0 unspecified atom stereocenters. The summed E-state index contributed by atoms with van der Waals surface area (Å²) in [5.41, 5.74) is 4.85. The van der Waals surface area contributed by atoms with Crippen LogP contribution in [0.2, 0.25) is 0 Å². The van der Waals surface area contributed by atoms with Gasteiger partial charge in [0, 0.05) is 12.4 Å². The van der Waals surface area contributed by atoms with E-state index in [0.29, 0.717) is 0 Å². The Hall–Kier alpha value is -1.53. The van der Waals surface area contributed by atoms with E-state index < -0.39 is 5.91 Å². The van der Waals surface area contributed by atoms with Gasteiger partial charge in [0.15, 0.2) is 0 Å². The molecule has 0 spiro atoms. The minimum Gasteiger partial charge on any atom is -0.363 e. The van der Waals surface area contributed by atoms with E-state index in [-0.39, 0.29) is 18.1 Å². The fourth-order valence-corrected chi connectivity index (χ4v) is 0.426. The Balaban J connectivity index is 0. The number of hydrogen-bond donors (Lipinski definition) is 3. The van der Waals surface area contributed by atoms with E-state index >= 15 is 0 Å². The standard InChI is InChI=1S/C5H5N3O.2H3N/c6-4(9)5-7-2-1-3-8-5;;/h1-3H,(H2,6,9);2*1H3. The van der Waals surface area contributed by atoms with Crippen LogP contribution >= 0.6 is 0 Å². The van der Waals surface area contributed by atoms with Crippen LogP contribution in [0, 0.1) is 0 Å². The molecule has 0 saturated carbocycles. The summed E-state index contributed by atoms with van der Waals surface area (Å²) < 4.78 is 0. The van der Waals surface area contributed by atoms with Gasteiger partial charge in [0.25, 0.3) is 5.91 Å². The molecule has 0 radical (unpaired) electrons. The number of primary amides is 1. The van der Waals surface area contributed by atoms with E-state index in [9.17, 15) is 4.79 Å². The number of amides is 1. The third-order valence-corrected chi connectivity index (χ3v) is 0.786. The van der Waals surface area contributed by atoms with Crippen LogP contribution in [0.25, 0.3) is 0 Å². The minimum absolute atomic E-state index is 0. The fraction of sp³-hybridized carbons (Fsp3) is 0. The van der Waals surface area contributed by atoms with Crippen LogP contribution in [0.3, 0.4) is 0 Å². The molecule has 6 nitrogen and oxygen atoms in total. The largest absolute Gasteiger partial charge is 0.363 e. The quantitative estimate of drug-likeness (QED) is 0.522. The van der Waals surface area contributed by atoms with E-state index in [0.717, 1.165) is 0 Å². The summed E-state index contributed by atoms with van der Waals surface area (Å²) in [5, 5.41) is 0. The van der Waals surface area contributed by atoms with Crippen molar-refractivity contribution in [1.29, 1.82) is 0 Å². The molecule has 0 saturated heterocycles. The molecule has 11 heavy (non-hydrogen) atoms. The first kappa shape index (κ1) is 12.2. The number of nitrogens with zero attached hydrogens (tertiary/aromatic N) is 2. The summed E-state index contributed by atoms with van der Waals surface area (Å²) >= 11 is 0. The summed E-state index contributed by atoms with van der Waals surface area (Å²) in [6.07, 6.45) is 2.93. The average molecular weight is 157 g/mol. The van der Waals surface area contributed by atoms with Crippen molar-refractivity contribution in [2.24, 2.45) is 5.73 Å². The number of nitrogens with two attached hydrogens (primary N) is 1. The van der Waals surface area contributed by atoms with Crippen molar-refractivity contribution >= 4 is 5.91 Å². The lowest BCUT2D eigenvalue weighted by Crippen LogP contribution is -2.14. The predicted octanol–water partition coefficient (Wildman–Crippen LogP) is -0.100. The van der Waals surface area contributed by atoms with E-state index in [1.807, 2.05) is 0 Å². The van der Waals surface area contributed by atoms with Crippen molar-refractivity contribution in [2.75, 3.05) is 0 Å². The minimum atomic E-state index is -0.601. The number of carbonyl (C=O) groups is 1. The Kier molecular flexibility index (Phi) is 5.83. The summed E-state index contributed by atoms with van der Waals surface area (Å²) in [5.74, 6) is -0.548. The van der Waals surface area contributed by atoms with Crippen molar-refractivity contribution in [3.63, 3.8) is 0 Å². The molecule has 0 bridgehead atoms. The number of rotatable bonds is 1. The van der Waals surface area contributed by atoms with Gasteiger partial charge >= 0.3 is 0 Å². The predicted molar refractivity (Wildman–Crippen MR) is 40.6 cm³/mol. The zero-order chi connectivity index (χ0) is 6.69. The maximum absolute atomic E-state index is 10.3. The average Bonchev–Trinajstić information content (AvgIpc) is 1.90. The van der Waals surface area contributed by atoms with Gasteiger partial charge in [0.05, 0.1) is 0 Å². The van der Waals surface area contributed by atoms with Gasteiger partial charge in [-0.3, -0.25) is 4.79 Å². The van der Waals surface area contributed by atoms with Crippen LogP contribution in [-0.4, -0.2) is 15.9 Å². The Bertz CT molecular complexity index is 211. The van der Waals surface area contributed by atoms with Crippen molar-refractivity contribution in [3.8, 4) is 0 Å². The van der Waals surface area contributed by atoms with Crippen LogP contribution in [0.5, 0.6) is 0 Å². The monoisotopic (exact) mass is 157 g/mol. The lowest BCUT2D eigenvalue weighted by molar-refractivity contribution is 0.0990. The smallest absolute Gasteiger partial charge is 0.286 e. The first-order valence-electron chi connectivity index (χ1n) is 2.37. The van der Waals surface area contributed by atoms with Crippen molar-refractivity contribution in [1.82, 2.24) is 22.3 Å². The topological polar surface area (TPSA) is 139 Å². The molecule has 0 aliphatic rings. The molecule has 0 atom stereocenters. The van der Waals surface area contributed by atoms with Gasteiger partial charge < -0.3 is 18.0 Å². The van der Waals surface area contributed by atoms with Crippen molar-refractivity contribution < 1.29 is 4.79 Å². The van der Waals surface area contributed by atoms with Gasteiger partial charge in [0.1, 0.15) is 0 Å². The van der Waals surface area contributed by atoms with Gasteiger partial charge in [-0.2, -0.15) is 0 Å². The second-order valence-electron chi connectivity index (χ2n) is 1.44. The third-order valence-electron chi connectivity index (χ3n) is 0.786. The van der Waals surface area contributed by atoms with Crippen LogP contribution in [-0.2, 0) is 0 Å². The third kappa shape index (κ3) is 3.23. The van der Waals surface area contributed by atoms with E-state index in [2.05, 4.69) is 9.97 Å². The molecule has 1 aromatic heterocycles. The first-order valence-corrected chi connectivity index (χ1v) is 2.37. The summed E-state index contributed by atoms with van der Waals surface area (Å²) in [6, 6.07) is 1.62. The fourth-order valence-electron chi connectivity index (χ4n) is 0.426. The zero-order valence-electron chi connectivity index (χ0n) is 6.03. The molecule has 0 aliphatic carbocycles. The summed E-state index contributed by atoms with van der Waals surface area (Å²) in [7, 11) is 0. The van der Waals surface area contributed by atoms with E-state index in [4.69, 9.17) is 5.73 Å². The second-order valence-corrected chi connectivity index (χ2v) is 1.44. The van der Waals surface area contributed by atoms with E-state index in [1.54, 1.807) is 6.07 Å². The highest BCUT2D eigenvalue weighted by Crippen LogP contribution is 1.82. The second kappa shape index (κ2) is 5.27. The SMILES string of the molecule is N.N.NC(=O)c1ncccn1.